The molecule has 10 rings (SSSR count). The SMILES string of the molecule is CC1(C)c2cc(N(c3ccc(-c4ccc5ccccc5c4)cc3)c3cccc(-c4ccccc4)c3)ccc2-c2c(-c3nc4ccccc4o3)cccc21. The van der Waals surface area contributed by atoms with Crippen LogP contribution in [0.3, 0.4) is 0 Å². The van der Waals surface area contributed by atoms with Gasteiger partial charge in [0.2, 0.25) is 5.89 Å². The topological polar surface area (TPSA) is 29.3 Å². The van der Waals surface area contributed by atoms with Crippen LogP contribution in [0.5, 0.6) is 0 Å². The van der Waals surface area contributed by atoms with Gasteiger partial charge in [0.05, 0.1) is 0 Å². The highest BCUT2D eigenvalue weighted by atomic mass is 16.3. The van der Waals surface area contributed by atoms with E-state index >= 15 is 0 Å². The molecule has 3 nitrogen and oxygen atoms in total. The van der Waals surface area contributed by atoms with Crippen molar-refractivity contribution < 1.29 is 4.42 Å². The molecule has 0 atom stereocenters. The van der Waals surface area contributed by atoms with Crippen molar-refractivity contribution in [2.75, 3.05) is 4.90 Å². The molecular weight excluding hydrogens is 645 g/mol. The first-order valence-corrected chi connectivity index (χ1v) is 18.2. The predicted octanol–water partition coefficient (Wildman–Crippen LogP) is 13.8. The van der Waals surface area contributed by atoms with Crippen molar-refractivity contribution in [3.63, 3.8) is 0 Å². The number of hydrogen-bond donors (Lipinski definition) is 0. The third kappa shape index (κ3) is 5.24. The summed E-state index contributed by atoms with van der Waals surface area (Å²) in [6.45, 7) is 4.66. The summed E-state index contributed by atoms with van der Waals surface area (Å²) in [5.41, 5.74) is 15.5. The molecule has 8 aromatic carbocycles. The molecule has 9 aromatic rings. The molecule has 53 heavy (non-hydrogen) atoms. The Morgan fingerprint density at radius 2 is 1.11 bits per heavy atom. The summed E-state index contributed by atoms with van der Waals surface area (Å²) in [6.07, 6.45) is 0. The quantitative estimate of drug-likeness (QED) is 0.175. The highest BCUT2D eigenvalue weighted by Gasteiger charge is 2.38. The molecule has 1 aromatic heterocycles. The number of para-hydroxylation sites is 2. The van der Waals surface area contributed by atoms with Crippen LogP contribution in [0.4, 0.5) is 17.1 Å². The Bertz CT molecular complexity index is 2780. The van der Waals surface area contributed by atoms with Crippen LogP contribution in [0.15, 0.2) is 186 Å². The minimum absolute atomic E-state index is 0.236. The Hall–Kier alpha value is -6.71. The molecular formula is C50H36N2O. The second-order valence-electron chi connectivity index (χ2n) is 14.4. The van der Waals surface area contributed by atoms with Crippen molar-refractivity contribution in [1.82, 2.24) is 4.98 Å². The molecule has 0 radical (unpaired) electrons. The van der Waals surface area contributed by atoms with Gasteiger partial charge in [-0.1, -0.05) is 135 Å². The van der Waals surface area contributed by atoms with Crippen molar-refractivity contribution >= 4 is 38.9 Å². The third-order valence-corrected chi connectivity index (χ3v) is 10.9. The summed E-state index contributed by atoms with van der Waals surface area (Å²) in [6, 6.07) is 65.1. The number of nitrogens with zero attached hydrogens (tertiary/aromatic N) is 2. The highest BCUT2D eigenvalue weighted by Crippen LogP contribution is 2.53. The molecule has 252 valence electrons. The standard InChI is InChI=1S/C50H36N2O/c1-50(2)44-19-11-18-43(49-51-46-20-8-9-21-47(46)53-49)48(44)42-29-28-41(32-45(42)50)52(40-17-10-16-37(31-40)33-12-4-3-5-13-33)39-26-24-35(25-27-39)38-23-22-34-14-6-7-15-36(34)30-38/h3-32H,1-2H3. The molecule has 0 fully saturated rings. The number of oxazole rings is 1. The van der Waals surface area contributed by atoms with Crippen LogP contribution in [-0.4, -0.2) is 4.98 Å². The number of aromatic nitrogens is 1. The normalized spacial score (nSPS) is 12.9. The molecule has 0 unspecified atom stereocenters. The van der Waals surface area contributed by atoms with E-state index in [0.29, 0.717) is 5.89 Å². The van der Waals surface area contributed by atoms with E-state index in [1.165, 1.54) is 55.3 Å². The first-order chi connectivity index (χ1) is 26.0. The monoisotopic (exact) mass is 680 g/mol. The molecule has 0 aliphatic heterocycles. The number of rotatable bonds is 6. The van der Waals surface area contributed by atoms with Gasteiger partial charge < -0.3 is 9.32 Å². The lowest BCUT2D eigenvalue weighted by Gasteiger charge is -2.28. The van der Waals surface area contributed by atoms with Crippen LogP contribution < -0.4 is 4.90 Å². The number of benzene rings is 8. The van der Waals surface area contributed by atoms with Gasteiger partial charge in [-0.25, -0.2) is 4.98 Å². The van der Waals surface area contributed by atoms with Crippen molar-refractivity contribution in [2.24, 2.45) is 0 Å². The van der Waals surface area contributed by atoms with E-state index in [4.69, 9.17) is 9.40 Å². The Kier molecular flexibility index (Phi) is 7.16. The summed E-state index contributed by atoms with van der Waals surface area (Å²) in [4.78, 5) is 7.29. The van der Waals surface area contributed by atoms with Crippen LogP contribution >= 0.6 is 0 Å². The second kappa shape index (κ2) is 12.2. The lowest BCUT2D eigenvalue weighted by molar-refractivity contribution is 0.619. The van der Waals surface area contributed by atoms with Crippen LogP contribution in [0.1, 0.15) is 25.0 Å². The van der Waals surface area contributed by atoms with E-state index in [1.54, 1.807) is 0 Å². The maximum atomic E-state index is 6.33. The Morgan fingerprint density at radius 1 is 0.453 bits per heavy atom. The van der Waals surface area contributed by atoms with Crippen molar-refractivity contribution in [3.05, 3.63) is 193 Å². The summed E-state index contributed by atoms with van der Waals surface area (Å²) in [7, 11) is 0. The van der Waals surface area contributed by atoms with Gasteiger partial charge in [-0.15, -0.1) is 0 Å². The zero-order valence-corrected chi connectivity index (χ0v) is 29.6. The van der Waals surface area contributed by atoms with E-state index in [0.717, 1.165) is 33.7 Å². The van der Waals surface area contributed by atoms with Crippen molar-refractivity contribution in [1.29, 1.82) is 0 Å². The maximum Gasteiger partial charge on any atom is 0.227 e. The lowest BCUT2D eigenvalue weighted by atomic mass is 9.82. The van der Waals surface area contributed by atoms with Gasteiger partial charge in [-0.3, -0.25) is 0 Å². The molecule has 3 heteroatoms. The van der Waals surface area contributed by atoms with Crippen molar-refractivity contribution in [2.45, 2.75) is 19.3 Å². The average Bonchev–Trinajstić information content (AvgIpc) is 3.75. The van der Waals surface area contributed by atoms with Gasteiger partial charge >= 0.3 is 0 Å². The Labute approximate surface area is 309 Å². The van der Waals surface area contributed by atoms with E-state index in [-0.39, 0.29) is 5.41 Å². The molecule has 0 spiro atoms. The Morgan fingerprint density at radius 3 is 1.96 bits per heavy atom. The van der Waals surface area contributed by atoms with Crippen LogP contribution in [0, 0.1) is 0 Å². The van der Waals surface area contributed by atoms with Crippen LogP contribution in [0.2, 0.25) is 0 Å². The largest absolute Gasteiger partial charge is 0.436 e. The van der Waals surface area contributed by atoms with Gasteiger partial charge in [0.25, 0.3) is 0 Å². The number of anilines is 3. The molecule has 1 aliphatic carbocycles. The first kappa shape index (κ1) is 31.1. The molecule has 0 bridgehead atoms. The number of fused-ring (bicyclic) bond motifs is 5. The fourth-order valence-corrected chi connectivity index (χ4v) is 8.15. The summed E-state index contributed by atoms with van der Waals surface area (Å²) in [5.74, 6) is 0.654. The van der Waals surface area contributed by atoms with Crippen molar-refractivity contribution in [3.8, 4) is 44.8 Å². The van der Waals surface area contributed by atoms with E-state index in [1.807, 2.05) is 24.3 Å². The highest BCUT2D eigenvalue weighted by molar-refractivity contribution is 5.94. The fraction of sp³-hybridized carbons (Fsp3) is 0.0600. The fourth-order valence-electron chi connectivity index (χ4n) is 8.15. The average molecular weight is 681 g/mol. The van der Waals surface area contributed by atoms with E-state index in [2.05, 4.69) is 176 Å². The maximum absolute atomic E-state index is 6.33. The molecule has 0 amide bonds. The number of hydrogen-bond acceptors (Lipinski definition) is 3. The van der Waals surface area contributed by atoms with Gasteiger partial charge in [-0.2, -0.15) is 0 Å². The third-order valence-electron chi connectivity index (χ3n) is 10.9. The molecule has 1 aliphatic rings. The zero-order valence-electron chi connectivity index (χ0n) is 29.6. The van der Waals surface area contributed by atoms with Gasteiger partial charge in [0.1, 0.15) is 5.52 Å². The molecule has 0 saturated carbocycles. The van der Waals surface area contributed by atoms with Gasteiger partial charge in [0, 0.05) is 28.0 Å². The first-order valence-electron chi connectivity index (χ1n) is 18.2. The molecule has 0 saturated heterocycles. The smallest absolute Gasteiger partial charge is 0.227 e. The van der Waals surface area contributed by atoms with Crippen LogP contribution in [-0.2, 0) is 5.41 Å². The zero-order chi connectivity index (χ0) is 35.5. The molecule has 1 heterocycles. The minimum Gasteiger partial charge on any atom is -0.436 e. The summed E-state index contributed by atoms with van der Waals surface area (Å²) >= 11 is 0. The van der Waals surface area contributed by atoms with Gasteiger partial charge in [0.15, 0.2) is 5.58 Å². The van der Waals surface area contributed by atoms with E-state index in [9.17, 15) is 0 Å². The predicted molar refractivity (Wildman–Crippen MR) is 220 cm³/mol. The second-order valence-corrected chi connectivity index (χ2v) is 14.4. The summed E-state index contributed by atoms with van der Waals surface area (Å²) in [5, 5.41) is 2.49. The Balaban J connectivity index is 1.11. The molecule has 0 N–H and O–H groups in total. The van der Waals surface area contributed by atoms with Crippen LogP contribution in [0.25, 0.3) is 66.7 Å². The van der Waals surface area contributed by atoms with Gasteiger partial charge in [-0.05, 0) is 116 Å². The minimum atomic E-state index is -0.236. The lowest BCUT2D eigenvalue weighted by Crippen LogP contribution is -2.16. The summed E-state index contributed by atoms with van der Waals surface area (Å²) < 4.78 is 6.33. The van der Waals surface area contributed by atoms with E-state index < -0.39 is 0 Å².